The van der Waals surface area contributed by atoms with Crippen LogP contribution in [0.1, 0.15) is 20.8 Å². The summed E-state index contributed by atoms with van der Waals surface area (Å²) in [6.45, 7) is 18.3. The largest absolute Gasteiger partial charge is 0.333 e. The lowest BCUT2D eigenvalue weighted by Crippen LogP contribution is -2.57. The summed E-state index contributed by atoms with van der Waals surface area (Å²) >= 11 is 0. The number of carbonyl (C=O) groups is 2. The molecule has 1 heterocycles. The Morgan fingerprint density at radius 1 is 1.05 bits per heavy atom. The maximum absolute atomic E-state index is 12.4. The summed E-state index contributed by atoms with van der Waals surface area (Å²) in [5.41, 5.74) is 1.75. The molecule has 0 radical (unpaired) electrons. The molecule has 0 bridgehead atoms. The minimum absolute atomic E-state index is 0.0334. The van der Waals surface area contributed by atoms with E-state index in [2.05, 4.69) is 19.7 Å². The molecule has 0 aromatic heterocycles. The highest BCUT2D eigenvalue weighted by Gasteiger charge is 2.33. The Balaban J connectivity index is 2.98. The molecular weight excluding hydrogens is 254 g/mol. The Kier molecular flexibility index (Phi) is 5.13. The summed E-state index contributed by atoms with van der Waals surface area (Å²) in [7, 11) is 0. The smallest absolute Gasteiger partial charge is 0.327 e. The van der Waals surface area contributed by atoms with Crippen LogP contribution in [-0.4, -0.2) is 52.8 Å². The number of Topliss-reactive ketones (excluding diaryl/α,β-unsaturated/α-hetero) is 1. The van der Waals surface area contributed by atoms with Crippen LogP contribution in [-0.2, 0) is 4.79 Å². The molecule has 5 nitrogen and oxygen atoms in total. The summed E-state index contributed by atoms with van der Waals surface area (Å²) in [6, 6.07) is -0.124. The summed E-state index contributed by atoms with van der Waals surface area (Å²) in [6.07, 6.45) is 0. The molecule has 2 amide bonds. The van der Waals surface area contributed by atoms with Crippen LogP contribution >= 0.6 is 0 Å². The van der Waals surface area contributed by atoms with Gasteiger partial charge in [-0.3, -0.25) is 9.69 Å². The van der Waals surface area contributed by atoms with Crippen molar-refractivity contribution in [1.29, 1.82) is 0 Å². The molecule has 0 unspecified atom stereocenters. The Bertz CT molecular complexity index is 434. The molecule has 1 aliphatic heterocycles. The highest BCUT2D eigenvalue weighted by atomic mass is 16.2. The molecule has 0 aromatic rings. The van der Waals surface area contributed by atoms with Crippen molar-refractivity contribution in [3.8, 4) is 0 Å². The second kappa shape index (κ2) is 6.41. The standard InChI is InChI=1S/C15H23N3O2/c1-11(2)7-17-10-16(9-13(5)19)14(6)18(15(17)20)8-12(3)4/h1,3,6-10H2,2,4-5H3. The van der Waals surface area contributed by atoms with Crippen LogP contribution in [0.15, 0.2) is 36.7 Å². The van der Waals surface area contributed by atoms with Crippen molar-refractivity contribution in [2.75, 3.05) is 26.3 Å². The maximum Gasteiger partial charge on any atom is 0.327 e. The van der Waals surface area contributed by atoms with Gasteiger partial charge in [0.1, 0.15) is 11.6 Å². The predicted octanol–water partition coefficient (Wildman–Crippen LogP) is 2.20. The normalized spacial score (nSPS) is 15.7. The van der Waals surface area contributed by atoms with E-state index < -0.39 is 0 Å². The van der Waals surface area contributed by atoms with Gasteiger partial charge in [-0.15, -0.1) is 0 Å². The number of nitrogens with zero attached hydrogens (tertiary/aromatic N) is 3. The van der Waals surface area contributed by atoms with Crippen LogP contribution in [0.3, 0.4) is 0 Å². The van der Waals surface area contributed by atoms with E-state index in [1.54, 1.807) is 14.7 Å². The summed E-state index contributed by atoms with van der Waals surface area (Å²) in [4.78, 5) is 28.8. The number of urea groups is 1. The third kappa shape index (κ3) is 3.98. The molecule has 110 valence electrons. The number of hydrogen-bond acceptors (Lipinski definition) is 3. The van der Waals surface area contributed by atoms with Crippen LogP contribution in [0.5, 0.6) is 0 Å². The van der Waals surface area contributed by atoms with Crippen molar-refractivity contribution in [3.63, 3.8) is 0 Å². The lowest BCUT2D eigenvalue weighted by molar-refractivity contribution is -0.118. The van der Waals surface area contributed by atoms with Gasteiger partial charge in [0, 0.05) is 13.1 Å². The van der Waals surface area contributed by atoms with E-state index in [1.165, 1.54) is 6.92 Å². The molecule has 5 heteroatoms. The van der Waals surface area contributed by atoms with Crippen LogP contribution in [0.4, 0.5) is 4.79 Å². The number of hydrogen-bond donors (Lipinski definition) is 0. The number of amides is 2. The molecule has 0 aliphatic carbocycles. The summed E-state index contributed by atoms with van der Waals surface area (Å²) < 4.78 is 0. The maximum atomic E-state index is 12.4. The Morgan fingerprint density at radius 3 is 2.05 bits per heavy atom. The summed E-state index contributed by atoms with van der Waals surface area (Å²) in [5.74, 6) is 0.581. The van der Waals surface area contributed by atoms with E-state index >= 15 is 0 Å². The van der Waals surface area contributed by atoms with E-state index in [-0.39, 0.29) is 18.4 Å². The third-order valence-corrected chi connectivity index (χ3v) is 2.82. The zero-order valence-corrected chi connectivity index (χ0v) is 12.6. The van der Waals surface area contributed by atoms with Crippen molar-refractivity contribution in [2.45, 2.75) is 20.8 Å². The SMILES string of the molecule is C=C(C)CN1CN(CC(C)=O)C(=C)N(CC(=C)C)C1=O. The predicted molar refractivity (Wildman–Crippen MR) is 79.8 cm³/mol. The fourth-order valence-electron chi connectivity index (χ4n) is 2.08. The van der Waals surface area contributed by atoms with Crippen molar-refractivity contribution in [2.24, 2.45) is 0 Å². The van der Waals surface area contributed by atoms with Gasteiger partial charge in [0.15, 0.2) is 0 Å². The number of ketones is 1. The third-order valence-electron chi connectivity index (χ3n) is 2.82. The monoisotopic (exact) mass is 277 g/mol. The van der Waals surface area contributed by atoms with Gasteiger partial charge in [0.25, 0.3) is 0 Å². The van der Waals surface area contributed by atoms with E-state index in [4.69, 9.17) is 0 Å². The van der Waals surface area contributed by atoms with Gasteiger partial charge >= 0.3 is 6.03 Å². The van der Waals surface area contributed by atoms with Gasteiger partial charge in [-0.2, -0.15) is 0 Å². The van der Waals surface area contributed by atoms with Crippen molar-refractivity contribution >= 4 is 11.8 Å². The van der Waals surface area contributed by atoms with E-state index in [9.17, 15) is 9.59 Å². The molecule has 0 atom stereocenters. The van der Waals surface area contributed by atoms with Gasteiger partial charge in [0.2, 0.25) is 0 Å². The topological polar surface area (TPSA) is 43.9 Å². The minimum Gasteiger partial charge on any atom is -0.333 e. The first-order chi connectivity index (χ1) is 9.22. The van der Waals surface area contributed by atoms with Gasteiger partial charge in [0.05, 0.1) is 13.2 Å². The zero-order valence-electron chi connectivity index (χ0n) is 12.6. The lowest BCUT2D eigenvalue weighted by Gasteiger charge is -2.44. The molecule has 0 aromatic carbocycles. The molecule has 0 spiro atoms. The molecule has 0 saturated carbocycles. The highest BCUT2D eigenvalue weighted by molar-refractivity contribution is 5.80. The average Bonchev–Trinajstić information content (AvgIpc) is 2.29. The van der Waals surface area contributed by atoms with Crippen LogP contribution < -0.4 is 0 Å². The van der Waals surface area contributed by atoms with Gasteiger partial charge < -0.3 is 9.80 Å². The quantitative estimate of drug-likeness (QED) is 0.699. The minimum atomic E-state index is -0.124. The van der Waals surface area contributed by atoms with E-state index in [0.717, 1.165) is 11.1 Å². The van der Waals surface area contributed by atoms with Crippen molar-refractivity contribution in [1.82, 2.24) is 14.7 Å². The van der Waals surface area contributed by atoms with E-state index in [0.29, 0.717) is 25.6 Å². The van der Waals surface area contributed by atoms with Crippen molar-refractivity contribution < 1.29 is 9.59 Å². The lowest BCUT2D eigenvalue weighted by atomic mass is 10.2. The second-order valence-corrected chi connectivity index (χ2v) is 5.44. The Morgan fingerprint density at radius 2 is 1.60 bits per heavy atom. The Labute approximate surface area is 120 Å². The fourth-order valence-corrected chi connectivity index (χ4v) is 2.08. The van der Waals surface area contributed by atoms with Crippen LogP contribution in [0, 0.1) is 0 Å². The van der Waals surface area contributed by atoms with Crippen LogP contribution in [0.25, 0.3) is 0 Å². The summed E-state index contributed by atoms with van der Waals surface area (Å²) in [5, 5.41) is 0. The highest BCUT2D eigenvalue weighted by Crippen LogP contribution is 2.20. The first-order valence-electron chi connectivity index (χ1n) is 6.51. The van der Waals surface area contributed by atoms with Gasteiger partial charge in [-0.1, -0.05) is 30.9 Å². The molecule has 1 fully saturated rings. The second-order valence-electron chi connectivity index (χ2n) is 5.44. The van der Waals surface area contributed by atoms with Crippen LogP contribution in [0.2, 0.25) is 0 Å². The molecule has 1 saturated heterocycles. The van der Waals surface area contributed by atoms with Crippen molar-refractivity contribution in [3.05, 3.63) is 36.7 Å². The Hall–Kier alpha value is -2.04. The molecule has 0 N–H and O–H groups in total. The van der Waals surface area contributed by atoms with Gasteiger partial charge in [-0.05, 0) is 20.8 Å². The fraction of sp³-hybridized carbons (Fsp3) is 0.467. The average molecular weight is 277 g/mol. The molecular formula is C15H23N3O2. The first-order valence-corrected chi connectivity index (χ1v) is 6.51. The van der Waals surface area contributed by atoms with E-state index in [1.807, 2.05) is 13.8 Å². The number of rotatable bonds is 6. The first kappa shape index (κ1) is 16.0. The zero-order chi connectivity index (χ0) is 15.4. The molecule has 1 rings (SSSR count). The molecule has 1 aliphatic rings. The molecule has 20 heavy (non-hydrogen) atoms. The van der Waals surface area contributed by atoms with Gasteiger partial charge in [-0.25, -0.2) is 4.79 Å². The number of carbonyl (C=O) groups excluding carboxylic acids is 2.